The SMILES string of the molecule is CN=C(NCc1ccc(C)c(F)c1)NCC(C)(C)NC(=O)OC(C)(C)C.I. The zero-order valence-electron chi connectivity index (χ0n) is 17.2. The standard InChI is InChI=1S/C19H31FN4O2.HI/c1-13-8-9-14(10-15(13)20)11-22-16(21-7)23-12-19(5,6)24-17(25)26-18(2,3)4;/h8-10H,11-12H2,1-7H3,(H,24,25)(H2,21,22,23);1H. The molecule has 1 aromatic carbocycles. The second kappa shape index (κ2) is 10.7. The van der Waals surface area contributed by atoms with Gasteiger partial charge in [0.2, 0.25) is 0 Å². The number of aliphatic imine (C=N–C) groups is 1. The van der Waals surface area contributed by atoms with E-state index in [2.05, 4.69) is 20.9 Å². The molecule has 1 aromatic rings. The molecule has 3 N–H and O–H groups in total. The average Bonchev–Trinajstić information content (AvgIpc) is 2.48. The van der Waals surface area contributed by atoms with E-state index in [0.29, 0.717) is 24.6 Å². The molecule has 0 saturated carbocycles. The Labute approximate surface area is 178 Å². The number of benzene rings is 1. The van der Waals surface area contributed by atoms with Crippen molar-refractivity contribution in [3.8, 4) is 0 Å². The van der Waals surface area contributed by atoms with Crippen LogP contribution in [0.1, 0.15) is 45.7 Å². The lowest BCUT2D eigenvalue weighted by Crippen LogP contribution is -2.54. The third-order valence-corrected chi connectivity index (χ3v) is 3.46. The quantitative estimate of drug-likeness (QED) is 0.332. The van der Waals surface area contributed by atoms with E-state index >= 15 is 0 Å². The summed E-state index contributed by atoms with van der Waals surface area (Å²) in [5.74, 6) is 0.333. The summed E-state index contributed by atoms with van der Waals surface area (Å²) in [5.41, 5.74) is 0.346. The molecule has 0 radical (unpaired) electrons. The molecule has 0 atom stereocenters. The topological polar surface area (TPSA) is 74.8 Å². The molecule has 154 valence electrons. The van der Waals surface area contributed by atoms with Gasteiger partial charge in [0.25, 0.3) is 0 Å². The first-order valence-corrected chi connectivity index (χ1v) is 8.62. The summed E-state index contributed by atoms with van der Waals surface area (Å²) in [5, 5.41) is 9.10. The van der Waals surface area contributed by atoms with Crippen LogP contribution in [-0.4, -0.2) is 36.8 Å². The minimum atomic E-state index is -0.547. The van der Waals surface area contributed by atoms with Gasteiger partial charge in [0, 0.05) is 20.1 Å². The highest BCUT2D eigenvalue weighted by Crippen LogP contribution is 2.10. The Morgan fingerprint density at radius 1 is 1.19 bits per heavy atom. The van der Waals surface area contributed by atoms with Crippen LogP contribution in [0.15, 0.2) is 23.2 Å². The van der Waals surface area contributed by atoms with Crippen LogP contribution < -0.4 is 16.0 Å². The van der Waals surface area contributed by atoms with E-state index in [0.717, 1.165) is 5.56 Å². The van der Waals surface area contributed by atoms with Crippen molar-refractivity contribution in [3.05, 3.63) is 35.1 Å². The number of carbonyl (C=O) groups is 1. The van der Waals surface area contributed by atoms with Crippen molar-refractivity contribution >= 4 is 36.0 Å². The Bertz CT molecular complexity index is 658. The normalized spacial score (nSPS) is 12.1. The Morgan fingerprint density at radius 3 is 2.33 bits per heavy atom. The van der Waals surface area contributed by atoms with Gasteiger partial charge in [-0.2, -0.15) is 0 Å². The number of halogens is 2. The summed E-state index contributed by atoms with van der Waals surface area (Å²) >= 11 is 0. The highest BCUT2D eigenvalue weighted by molar-refractivity contribution is 14.0. The molecule has 0 spiro atoms. The number of nitrogens with zero attached hydrogens (tertiary/aromatic N) is 1. The molecule has 0 aliphatic heterocycles. The lowest BCUT2D eigenvalue weighted by molar-refractivity contribution is 0.0474. The van der Waals surface area contributed by atoms with Gasteiger partial charge in [-0.05, 0) is 58.7 Å². The molecule has 1 rings (SSSR count). The van der Waals surface area contributed by atoms with E-state index in [1.165, 1.54) is 6.07 Å². The molecule has 1 amide bonds. The van der Waals surface area contributed by atoms with E-state index in [-0.39, 0.29) is 29.8 Å². The molecule has 0 saturated heterocycles. The number of hydrogen-bond donors (Lipinski definition) is 3. The summed E-state index contributed by atoms with van der Waals surface area (Å²) in [6.07, 6.45) is -0.470. The number of carbonyl (C=O) groups excluding carboxylic acids is 1. The van der Waals surface area contributed by atoms with Crippen LogP contribution in [0.4, 0.5) is 9.18 Å². The van der Waals surface area contributed by atoms with Crippen LogP contribution in [0.25, 0.3) is 0 Å². The molecular formula is C19H32FIN4O2. The van der Waals surface area contributed by atoms with Gasteiger partial charge in [-0.3, -0.25) is 4.99 Å². The second-order valence-corrected chi connectivity index (χ2v) is 7.87. The van der Waals surface area contributed by atoms with Crippen LogP contribution in [0.2, 0.25) is 0 Å². The summed E-state index contributed by atoms with van der Waals surface area (Å²) in [7, 11) is 1.65. The van der Waals surface area contributed by atoms with Gasteiger partial charge in [0.1, 0.15) is 11.4 Å². The van der Waals surface area contributed by atoms with Gasteiger partial charge in [-0.15, -0.1) is 24.0 Å². The molecule has 27 heavy (non-hydrogen) atoms. The molecule has 0 aliphatic rings. The maximum absolute atomic E-state index is 13.6. The minimum Gasteiger partial charge on any atom is -0.444 e. The maximum atomic E-state index is 13.6. The number of guanidine groups is 1. The first-order chi connectivity index (χ1) is 11.9. The predicted octanol–water partition coefficient (Wildman–Crippen LogP) is 3.72. The Balaban J connectivity index is 0.00000676. The molecule has 0 aliphatic carbocycles. The highest BCUT2D eigenvalue weighted by atomic mass is 127. The number of rotatable bonds is 5. The van der Waals surface area contributed by atoms with Crippen molar-refractivity contribution in [2.45, 2.75) is 59.2 Å². The Morgan fingerprint density at radius 2 is 1.81 bits per heavy atom. The van der Waals surface area contributed by atoms with Gasteiger partial charge in [-0.25, -0.2) is 9.18 Å². The molecule has 0 fully saturated rings. The summed E-state index contributed by atoms with van der Waals surface area (Å²) in [6.45, 7) is 11.8. The number of ether oxygens (including phenoxy) is 1. The van der Waals surface area contributed by atoms with E-state index in [4.69, 9.17) is 4.74 Å². The second-order valence-electron chi connectivity index (χ2n) is 7.87. The summed E-state index contributed by atoms with van der Waals surface area (Å²) < 4.78 is 18.9. The minimum absolute atomic E-state index is 0. The third kappa shape index (κ3) is 10.4. The van der Waals surface area contributed by atoms with E-state index in [1.54, 1.807) is 20.0 Å². The summed E-state index contributed by atoms with van der Waals surface area (Å²) in [4.78, 5) is 16.1. The fourth-order valence-electron chi connectivity index (χ4n) is 2.08. The smallest absolute Gasteiger partial charge is 0.408 e. The van der Waals surface area contributed by atoms with E-state index < -0.39 is 17.2 Å². The Hall–Kier alpha value is -1.58. The zero-order chi connectivity index (χ0) is 20.0. The van der Waals surface area contributed by atoms with Crippen molar-refractivity contribution < 1.29 is 13.9 Å². The molecule has 6 nitrogen and oxygen atoms in total. The van der Waals surface area contributed by atoms with E-state index in [1.807, 2.05) is 40.7 Å². The van der Waals surface area contributed by atoms with Crippen molar-refractivity contribution in [1.29, 1.82) is 0 Å². The number of aryl methyl sites for hydroxylation is 1. The average molecular weight is 494 g/mol. The maximum Gasteiger partial charge on any atom is 0.408 e. The van der Waals surface area contributed by atoms with Crippen molar-refractivity contribution in [1.82, 2.24) is 16.0 Å². The first-order valence-electron chi connectivity index (χ1n) is 8.62. The van der Waals surface area contributed by atoms with Crippen LogP contribution in [0, 0.1) is 12.7 Å². The lowest BCUT2D eigenvalue weighted by atomic mass is 10.1. The van der Waals surface area contributed by atoms with Gasteiger partial charge in [0.05, 0.1) is 5.54 Å². The van der Waals surface area contributed by atoms with Crippen LogP contribution in [0.3, 0.4) is 0 Å². The number of alkyl carbamates (subject to hydrolysis) is 1. The monoisotopic (exact) mass is 494 g/mol. The largest absolute Gasteiger partial charge is 0.444 e. The molecule has 0 heterocycles. The highest BCUT2D eigenvalue weighted by Gasteiger charge is 2.24. The van der Waals surface area contributed by atoms with Gasteiger partial charge in [-0.1, -0.05) is 12.1 Å². The molecular weight excluding hydrogens is 462 g/mol. The van der Waals surface area contributed by atoms with Gasteiger partial charge < -0.3 is 20.7 Å². The molecule has 0 aromatic heterocycles. The number of hydrogen-bond acceptors (Lipinski definition) is 3. The van der Waals surface area contributed by atoms with Gasteiger partial charge in [0.15, 0.2) is 5.96 Å². The van der Waals surface area contributed by atoms with Gasteiger partial charge >= 0.3 is 6.09 Å². The lowest BCUT2D eigenvalue weighted by Gasteiger charge is -2.29. The van der Waals surface area contributed by atoms with Crippen LogP contribution >= 0.6 is 24.0 Å². The molecule has 8 heteroatoms. The molecule has 0 bridgehead atoms. The zero-order valence-corrected chi connectivity index (χ0v) is 19.5. The predicted molar refractivity (Wildman–Crippen MR) is 118 cm³/mol. The third-order valence-electron chi connectivity index (χ3n) is 3.46. The first kappa shape index (κ1) is 25.4. The van der Waals surface area contributed by atoms with Crippen molar-refractivity contribution in [2.75, 3.05) is 13.6 Å². The van der Waals surface area contributed by atoms with E-state index in [9.17, 15) is 9.18 Å². The van der Waals surface area contributed by atoms with Crippen molar-refractivity contribution in [2.24, 2.45) is 4.99 Å². The van der Waals surface area contributed by atoms with Crippen LogP contribution in [-0.2, 0) is 11.3 Å². The van der Waals surface area contributed by atoms with Crippen LogP contribution in [0.5, 0.6) is 0 Å². The number of amides is 1. The fourth-order valence-corrected chi connectivity index (χ4v) is 2.08. The molecule has 0 unspecified atom stereocenters. The summed E-state index contributed by atoms with van der Waals surface area (Å²) in [6, 6.07) is 5.12. The Kier molecular flexibility index (Phi) is 10.1. The fraction of sp³-hybridized carbons (Fsp3) is 0.579. The number of nitrogens with one attached hydrogen (secondary N) is 3. The van der Waals surface area contributed by atoms with Crippen molar-refractivity contribution in [3.63, 3.8) is 0 Å².